The van der Waals surface area contributed by atoms with E-state index in [9.17, 15) is 13.2 Å². The fourth-order valence-electron chi connectivity index (χ4n) is 3.00. The average Bonchev–Trinajstić information content (AvgIpc) is 2.74. The van der Waals surface area contributed by atoms with E-state index in [4.69, 9.17) is 0 Å². The van der Waals surface area contributed by atoms with E-state index >= 15 is 0 Å². The van der Waals surface area contributed by atoms with E-state index in [0.29, 0.717) is 11.4 Å². The number of nitrogens with zero attached hydrogens (tertiary/aromatic N) is 1. The molecule has 0 aliphatic heterocycles. The minimum absolute atomic E-state index is 0.393. The lowest BCUT2D eigenvalue weighted by molar-refractivity contribution is -0.116. The van der Waals surface area contributed by atoms with Gasteiger partial charge < -0.3 is 5.32 Å². The van der Waals surface area contributed by atoms with Gasteiger partial charge >= 0.3 is 0 Å². The van der Waals surface area contributed by atoms with Gasteiger partial charge in [-0.15, -0.1) is 11.8 Å². The number of benzene rings is 3. The molecule has 0 bridgehead atoms. The van der Waals surface area contributed by atoms with Crippen LogP contribution < -0.4 is 9.62 Å². The van der Waals surface area contributed by atoms with Gasteiger partial charge in [0.25, 0.3) is 0 Å². The third kappa shape index (κ3) is 5.87. The van der Waals surface area contributed by atoms with Gasteiger partial charge in [0.2, 0.25) is 15.9 Å². The van der Waals surface area contributed by atoms with Gasteiger partial charge in [0.1, 0.15) is 6.04 Å². The number of amides is 1. The molecule has 3 aromatic carbocycles. The molecule has 1 amide bonds. The van der Waals surface area contributed by atoms with E-state index in [0.717, 1.165) is 21.9 Å². The van der Waals surface area contributed by atoms with E-state index in [1.165, 1.54) is 4.90 Å². The summed E-state index contributed by atoms with van der Waals surface area (Å²) in [5.41, 5.74) is 2.22. The van der Waals surface area contributed by atoms with Crippen LogP contribution in [0.15, 0.2) is 89.8 Å². The predicted octanol–water partition coefficient (Wildman–Crippen LogP) is 4.77. The van der Waals surface area contributed by atoms with Crippen molar-refractivity contribution in [2.75, 3.05) is 15.9 Å². The molecule has 156 valence electrons. The van der Waals surface area contributed by atoms with Crippen molar-refractivity contribution in [3.8, 4) is 0 Å². The SMILES string of the molecule is C[C@@H](C(=O)Nc1ccc(CSc2ccccc2)cc1)N(c1ccccc1)S(C)(=O)=O. The zero-order valence-corrected chi connectivity index (χ0v) is 18.5. The molecule has 3 aromatic rings. The maximum absolute atomic E-state index is 12.7. The number of carbonyl (C=O) groups excluding carboxylic acids is 1. The van der Waals surface area contributed by atoms with Crippen LogP contribution in [-0.2, 0) is 20.6 Å². The Bertz CT molecular complexity index is 1070. The highest BCUT2D eigenvalue weighted by Gasteiger charge is 2.29. The lowest BCUT2D eigenvalue weighted by Crippen LogP contribution is -2.45. The summed E-state index contributed by atoms with van der Waals surface area (Å²) in [6.07, 6.45) is 1.10. The van der Waals surface area contributed by atoms with Crippen LogP contribution in [0.4, 0.5) is 11.4 Å². The van der Waals surface area contributed by atoms with Crippen LogP contribution >= 0.6 is 11.8 Å². The normalized spacial score (nSPS) is 12.2. The molecule has 0 unspecified atom stereocenters. The van der Waals surface area contributed by atoms with Crippen LogP contribution in [0, 0.1) is 0 Å². The van der Waals surface area contributed by atoms with Gasteiger partial charge in [-0.3, -0.25) is 9.10 Å². The van der Waals surface area contributed by atoms with Gasteiger partial charge in [-0.1, -0.05) is 48.5 Å². The Hall–Kier alpha value is -2.77. The highest BCUT2D eigenvalue weighted by molar-refractivity contribution is 7.98. The van der Waals surface area contributed by atoms with Gasteiger partial charge in [0, 0.05) is 16.3 Å². The Kier molecular flexibility index (Phi) is 7.18. The molecule has 0 fully saturated rings. The van der Waals surface area contributed by atoms with Gasteiger partial charge in [0.05, 0.1) is 11.9 Å². The van der Waals surface area contributed by atoms with Crippen molar-refractivity contribution in [3.05, 3.63) is 90.5 Å². The monoisotopic (exact) mass is 440 g/mol. The standard InChI is InChI=1S/C23H24N2O3S2/c1-18(25(30(2,27)28)21-9-5-3-6-10-21)23(26)24-20-15-13-19(14-16-20)17-29-22-11-7-4-8-12-22/h3-16,18H,17H2,1-2H3,(H,24,26)/t18-/m0/s1. The molecule has 1 N–H and O–H groups in total. The summed E-state index contributed by atoms with van der Waals surface area (Å²) in [5.74, 6) is 0.431. The molecule has 0 aromatic heterocycles. The molecule has 0 aliphatic carbocycles. The summed E-state index contributed by atoms with van der Waals surface area (Å²) >= 11 is 1.74. The molecule has 30 heavy (non-hydrogen) atoms. The summed E-state index contributed by atoms with van der Waals surface area (Å²) < 4.78 is 25.7. The molecule has 0 saturated heterocycles. The number of hydrogen-bond acceptors (Lipinski definition) is 4. The fourth-order valence-corrected chi connectivity index (χ4v) is 5.05. The summed E-state index contributed by atoms with van der Waals surface area (Å²) in [7, 11) is -3.63. The summed E-state index contributed by atoms with van der Waals surface area (Å²) in [5, 5.41) is 2.81. The molecular formula is C23H24N2O3S2. The highest BCUT2D eigenvalue weighted by Crippen LogP contribution is 2.24. The number of hydrogen-bond donors (Lipinski definition) is 1. The lowest BCUT2D eigenvalue weighted by Gasteiger charge is -2.28. The molecule has 0 spiro atoms. The molecule has 3 rings (SSSR count). The minimum Gasteiger partial charge on any atom is -0.324 e. The molecule has 0 saturated carbocycles. The first-order chi connectivity index (χ1) is 14.3. The number of rotatable bonds is 8. The predicted molar refractivity (Wildman–Crippen MR) is 124 cm³/mol. The van der Waals surface area contributed by atoms with Crippen LogP contribution in [0.1, 0.15) is 12.5 Å². The number of anilines is 2. The number of para-hydroxylation sites is 1. The van der Waals surface area contributed by atoms with E-state index < -0.39 is 22.0 Å². The van der Waals surface area contributed by atoms with Crippen LogP contribution in [-0.4, -0.2) is 26.6 Å². The second kappa shape index (κ2) is 9.82. The number of nitrogens with one attached hydrogen (secondary N) is 1. The fraction of sp³-hybridized carbons (Fsp3) is 0.174. The molecular weight excluding hydrogens is 416 g/mol. The zero-order chi connectivity index (χ0) is 21.6. The van der Waals surface area contributed by atoms with Crippen LogP contribution in [0.5, 0.6) is 0 Å². The van der Waals surface area contributed by atoms with E-state index in [1.54, 1.807) is 49.0 Å². The zero-order valence-electron chi connectivity index (χ0n) is 16.9. The van der Waals surface area contributed by atoms with Gasteiger partial charge in [-0.05, 0) is 48.9 Å². The Morgan fingerprint density at radius 2 is 1.50 bits per heavy atom. The van der Waals surface area contributed by atoms with Gasteiger partial charge in [0.15, 0.2) is 0 Å². The summed E-state index contributed by atoms with van der Waals surface area (Å²) in [6, 6.07) is 25.5. The van der Waals surface area contributed by atoms with Crippen molar-refractivity contribution in [1.82, 2.24) is 0 Å². The van der Waals surface area contributed by atoms with Crippen molar-refractivity contribution in [2.24, 2.45) is 0 Å². The third-order valence-corrected chi connectivity index (χ3v) is 6.79. The number of thioether (sulfide) groups is 1. The first kappa shape index (κ1) is 21.9. The molecule has 0 heterocycles. The van der Waals surface area contributed by atoms with Gasteiger partial charge in [-0.2, -0.15) is 0 Å². The van der Waals surface area contributed by atoms with Crippen LogP contribution in [0.25, 0.3) is 0 Å². The summed E-state index contributed by atoms with van der Waals surface area (Å²) in [4.78, 5) is 13.9. The van der Waals surface area contributed by atoms with Crippen molar-refractivity contribution in [2.45, 2.75) is 23.6 Å². The van der Waals surface area contributed by atoms with Crippen molar-refractivity contribution >= 4 is 39.1 Å². The maximum Gasteiger partial charge on any atom is 0.247 e. The Morgan fingerprint density at radius 3 is 2.07 bits per heavy atom. The van der Waals surface area contributed by atoms with E-state index in [2.05, 4.69) is 17.4 Å². The second-order valence-corrected chi connectivity index (χ2v) is 9.77. The lowest BCUT2D eigenvalue weighted by atomic mass is 10.2. The largest absolute Gasteiger partial charge is 0.324 e. The second-order valence-electron chi connectivity index (χ2n) is 6.86. The van der Waals surface area contributed by atoms with Crippen molar-refractivity contribution in [1.29, 1.82) is 0 Å². The minimum atomic E-state index is -3.63. The van der Waals surface area contributed by atoms with Crippen molar-refractivity contribution < 1.29 is 13.2 Å². The first-order valence-electron chi connectivity index (χ1n) is 9.47. The molecule has 0 radical (unpaired) electrons. The van der Waals surface area contributed by atoms with E-state index in [1.807, 2.05) is 42.5 Å². The topological polar surface area (TPSA) is 66.5 Å². The van der Waals surface area contributed by atoms with E-state index in [-0.39, 0.29) is 0 Å². The number of sulfonamides is 1. The van der Waals surface area contributed by atoms with Crippen molar-refractivity contribution in [3.63, 3.8) is 0 Å². The Labute approximate surface area is 182 Å². The Morgan fingerprint density at radius 1 is 0.933 bits per heavy atom. The smallest absolute Gasteiger partial charge is 0.247 e. The highest BCUT2D eigenvalue weighted by atomic mass is 32.2. The average molecular weight is 441 g/mol. The maximum atomic E-state index is 12.7. The van der Waals surface area contributed by atoms with Crippen LogP contribution in [0.3, 0.4) is 0 Å². The number of carbonyl (C=O) groups is 1. The van der Waals surface area contributed by atoms with Crippen LogP contribution in [0.2, 0.25) is 0 Å². The first-order valence-corrected chi connectivity index (χ1v) is 12.3. The third-order valence-electron chi connectivity index (χ3n) is 4.47. The van der Waals surface area contributed by atoms with Gasteiger partial charge in [-0.25, -0.2) is 8.42 Å². The quantitative estimate of drug-likeness (QED) is 0.512. The molecule has 0 aliphatic rings. The molecule has 1 atom stereocenters. The molecule has 7 heteroatoms. The molecule has 5 nitrogen and oxygen atoms in total. The Balaban J connectivity index is 1.65. The summed E-state index contributed by atoms with van der Waals surface area (Å²) in [6.45, 7) is 1.58.